The predicted octanol–water partition coefficient (Wildman–Crippen LogP) is 3.85. The van der Waals surface area contributed by atoms with E-state index in [9.17, 15) is 0 Å². The molecule has 23 heavy (non-hydrogen) atoms. The van der Waals surface area contributed by atoms with Crippen LogP contribution in [0.15, 0.2) is 48.5 Å². The lowest BCUT2D eigenvalue weighted by molar-refractivity contribution is 0.130. The third kappa shape index (κ3) is 3.77. The first-order valence-electron chi connectivity index (χ1n) is 8.28. The van der Waals surface area contributed by atoms with Crippen molar-refractivity contribution in [2.45, 2.75) is 25.6 Å². The first-order chi connectivity index (χ1) is 11.3. The molecule has 0 bridgehead atoms. The first kappa shape index (κ1) is 16.1. The molecule has 1 saturated heterocycles. The highest BCUT2D eigenvalue weighted by molar-refractivity contribution is 6.47. The van der Waals surface area contributed by atoms with Gasteiger partial charge in [-0.15, -0.1) is 0 Å². The molecule has 0 aromatic heterocycles. The molecule has 1 atom stereocenters. The smallest absolute Gasteiger partial charge is 0.469 e. The van der Waals surface area contributed by atoms with Gasteiger partial charge in [-0.1, -0.05) is 43.3 Å². The Morgan fingerprint density at radius 3 is 2.43 bits per heavy atom. The van der Waals surface area contributed by atoms with E-state index in [0.717, 1.165) is 37.4 Å². The van der Waals surface area contributed by atoms with E-state index in [0.29, 0.717) is 0 Å². The molecule has 1 aliphatic heterocycles. The van der Waals surface area contributed by atoms with Crippen molar-refractivity contribution in [3.05, 3.63) is 65.2 Å². The highest BCUT2D eigenvalue weighted by Crippen LogP contribution is 2.32. The number of aryl methyl sites for hydroxylation is 1. The molecule has 120 valence electrons. The summed E-state index contributed by atoms with van der Waals surface area (Å²) < 4.78 is 17.2. The Hall–Kier alpha value is -1.78. The summed E-state index contributed by atoms with van der Waals surface area (Å²) in [6, 6.07) is 16.9. The summed E-state index contributed by atoms with van der Waals surface area (Å²) in [6.45, 7) is 3.66. The molecular weight excluding hydrogens is 287 g/mol. The Morgan fingerprint density at radius 2 is 1.78 bits per heavy atom. The Bertz CT molecular complexity index is 621. The van der Waals surface area contributed by atoms with Gasteiger partial charge in [-0.25, -0.2) is 0 Å². The maximum Gasteiger partial charge on any atom is 0.469 e. The summed E-state index contributed by atoms with van der Waals surface area (Å²) >= 11 is 0. The van der Waals surface area contributed by atoms with Gasteiger partial charge in [0.15, 0.2) is 0 Å². The quantitative estimate of drug-likeness (QED) is 0.785. The molecule has 3 nitrogen and oxygen atoms in total. The van der Waals surface area contributed by atoms with Crippen molar-refractivity contribution in [2.75, 3.05) is 20.3 Å². The van der Waals surface area contributed by atoms with Crippen molar-refractivity contribution in [3.63, 3.8) is 0 Å². The lowest BCUT2D eigenvalue weighted by Gasteiger charge is -2.28. The SMILES string of the molecule is CCc1ccc([C@H](B2OCCCO2)c2cccc(OC)c2)cc1. The molecule has 2 aromatic rings. The molecule has 0 aliphatic carbocycles. The first-order valence-corrected chi connectivity index (χ1v) is 8.28. The fourth-order valence-corrected chi connectivity index (χ4v) is 3.00. The van der Waals surface area contributed by atoms with Crippen LogP contribution >= 0.6 is 0 Å². The van der Waals surface area contributed by atoms with Gasteiger partial charge in [0.25, 0.3) is 0 Å². The lowest BCUT2D eigenvalue weighted by Crippen LogP contribution is -2.36. The largest absolute Gasteiger partial charge is 0.497 e. The monoisotopic (exact) mass is 310 g/mol. The van der Waals surface area contributed by atoms with E-state index in [-0.39, 0.29) is 12.9 Å². The number of rotatable bonds is 5. The Labute approximate surface area is 138 Å². The van der Waals surface area contributed by atoms with Gasteiger partial charge in [0.1, 0.15) is 5.75 Å². The molecule has 4 heteroatoms. The molecular formula is C19H23BO3. The summed E-state index contributed by atoms with van der Waals surface area (Å²) in [6.07, 6.45) is 2.00. The van der Waals surface area contributed by atoms with E-state index in [2.05, 4.69) is 43.3 Å². The number of ether oxygens (including phenoxy) is 1. The number of benzene rings is 2. The van der Waals surface area contributed by atoms with E-state index >= 15 is 0 Å². The van der Waals surface area contributed by atoms with Crippen LogP contribution in [0.25, 0.3) is 0 Å². The topological polar surface area (TPSA) is 27.7 Å². The van der Waals surface area contributed by atoms with E-state index < -0.39 is 0 Å². The van der Waals surface area contributed by atoms with Crippen molar-refractivity contribution < 1.29 is 14.0 Å². The second-order valence-electron chi connectivity index (χ2n) is 5.81. The average molecular weight is 310 g/mol. The van der Waals surface area contributed by atoms with Crippen molar-refractivity contribution in [1.29, 1.82) is 0 Å². The van der Waals surface area contributed by atoms with Crippen LogP contribution in [0.3, 0.4) is 0 Å². The third-order valence-corrected chi connectivity index (χ3v) is 4.33. The van der Waals surface area contributed by atoms with Gasteiger partial charge >= 0.3 is 7.12 Å². The van der Waals surface area contributed by atoms with Crippen LogP contribution in [0.1, 0.15) is 35.9 Å². The van der Waals surface area contributed by atoms with Gasteiger partial charge in [-0.2, -0.15) is 0 Å². The van der Waals surface area contributed by atoms with Crippen LogP contribution < -0.4 is 4.74 Å². The van der Waals surface area contributed by atoms with Crippen LogP contribution in [0.2, 0.25) is 0 Å². The second-order valence-corrected chi connectivity index (χ2v) is 5.81. The Morgan fingerprint density at radius 1 is 1.04 bits per heavy atom. The van der Waals surface area contributed by atoms with Crippen LogP contribution in [0.4, 0.5) is 0 Å². The zero-order valence-electron chi connectivity index (χ0n) is 13.8. The van der Waals surface area contributed by atoms with Crippen molar-refractivity contribution in [2.24, 2.45) is 0 Å². The van der Waals surface area contributed by atoms with Crippen molar-refractivity contribution in [1.82, 2.24) is 0 Å². The van der Waals surface area contributed by atoms with E-state index in [1.165, 1.54) is 11.1 Å². The number of methoxy groups -OCH3 is 1. The Balaban J connectivity index is 1.97. The summed E-state index contributed by atoms with van der Waals surface area (Å²) in [4.78, 5) is 0. The summed E-state index contributed by atoms with van der Waals surface area (Å²) in [5.74, 6) is 0.907. The molecule has 0 spiro atoms. The normalized spacial score (nSPS) is 16.2. The van der Waals surface area contributed by atoms with E-state index in [1.54, 1.807) is 7.11 Å². The van der Waals surface area contributed by atoms with Gasteiger partial charge in [0.2, 0.25) is 0 Å². The maximum absolute atomic E-state index is 5.92. The fourth-order valence-electron chi connectivity index (χ4n) is 3.00. The third-order valence-electron chi connectivity index (χ3n) is 4.33. The fraction of sp³-hybridized carbons (Fsp3) is 0.368. The standard InChI is InChI=1S/C19H23BO3/c1-3-15-8-10-16(11-9-15)19(20-22-12-5-13-23-20)17-6-4-7-18(14-17)21-2/h4,6-11,14,19H,3,5,12-13H2,1-2H3/t19-/m0/s1. The highest BCUT2D eigenvalue weighted by Gasteiger charge is 2.35. The zero-order valence-corrected chi connectivity index (χ0v) is 13.8. The molecule has 0 unspecified atom stereocenters. The van der Waals surface area contributed by atoms with Gasteiger partial charge in [0.05, 0.1) is 7.11 Å². The van der Waals surface area contributed by atoms with Crippen LogP contribution in [-0.2, 0) is 15.7 Å². The molecule has 0 saturated carbocycles. The van der Waals surface area contributed by atoms with Crippen LogP contribution in [-0.4, -0.2) is 27.4 Å². The molecule has 0 radical (unpaired) electrons. The van der Waals surface area contributed by atoms with Crippen molar-refractivity contribution >= 4 is 7.12 Å². The molecule has 1 fully saturated rings. The predicted molar refractivity (Wildman–Crippen MR) is 92.9 cm³/mol. The molecule has 0 N–H and O–H groups in total. The zero-order chi connectivity index (χ0) is 16.1. The number of hydrogen-bond acceptors (Lipinski definition) is 3. The molecule has 3 rings (SSSR count). The van der Waals surface area contributed by atoms with Gasteiger partial charge in [0, 0.05) is 19.0 Å². The summed E-state index contributed by atoms with van der Waals surface area (Å²) in [5, 5.41) is 0. The molecule has 1 heterocycles. The van der Waals surface area contributed by atoms with Crippen LogP contribution in [0, 0.1) is 0 Å². The minimum absolute atomic E-state index is 0.0521. The average Bonchev–Trinajstić information content (AvgIpc) is 2.64. The van der Waals surface area contributed by atoms with Gasteiger partial charge in [-0.3, -0.25) is 0 Å². The van der Waals surface area contributed by atoms with Gasteiger partial charge < -0.3 is 14.0 Å². The minimum Gasteiger partial charge on any atom is -0.497 e. The highest BCUT2D eigenvalue weighted by atomic mass is 16.6. The Kier molecular flexibility index (Phi) is 5.37. The van der Waals surface area contributed by atoms with Crippen LogP contribution in [0.5, 0.6) is 5.75 Å². The summed E-state index contributed by atoms with van der Waals surface area (Å²) in [5.41, 5.74) is 3.70. The van der Waals surface area contributed by atoms with E-state index in [1.807, 2.05) is 12.1 Å². The molecule has 0 amide bonds. The van der Waals surface area contributed by atoms with Crippen molar-refractivity contribution in [3.8, 4) is 5.75 Å². The summed E-state index contributed by atoms with van der Waals surface area (Å²) in [7, 11) is 1.45. The minimum atomic E-state index is -0.247. The second kappa shape index (κ2) is 7.67. The number of hydrogen-bond donors (Lipinski definition) is 0. The molecule has 2 aromatic carbocycles. The van der Waals surface area contributed by atoms with Gasteiger partial charge in [-0.05, 0) is 41.7 Å². The lowest BCUT2D eigenvalue weighted by atomic mass is 9.63. The molecule has 1 aliphatic rings. The maximum atomic E-state index is 5.92. The van der Waals surface area contributed by atoms with E-state index in [4.69, 9.17) is 14.0 Å².